The van der Waals surface area contributed by atoms with Gasteiger partial charge in [0.05, 0.1) is 5.69 Å². The largest absolute Gasteiger partial charge is 0.326 e. The summed E-state index contributed by atoms with van der Waals surface area (Å²) in [4.78, 5) is 27.5. The van der Waals surface area contributed by atoms with Gasteiger partial charge >= 0.3 is 0 Å². The summed E-state index contributed by atoms with van der Waals surface area (Å²) in [6.45, 7) is 2.72. The van der Waals surface area contributed by atoms with Gasteiger partial charge in [-0.1, -0.05) is 19.1 Å². The van der Waals surface area contributed by atoms with E-state index in [2.05, 4.69) is 12.2 Å². The lowest BCUT2D eigenvalue weighted by atomic mass is 10.2. The van der Waals surface area contributed by atoms with Crippen LogP contribution in [0.4, 0.5) is 15.8 Å². The Bertz CT molecular complexity index is 779. The molecule has 0 saturated carbocycles. The molecule has 3 rings (SSSR count). The molecule has 0 radical (unpaired) electrons. The average molecular weight is 358 g/mol. The first-order valence-electron chi connectivity index (χ1n) is 8.14. The topological polar surface area (TPSA) is 49.4 Å². The second-order valence-electron chi connectivity index (χ2n) is 5.96. The number of nitrogens with one attached hydrogen (secondary N) is 1. The Morgan fingerprint density at radius 2 is 1.88 bits per heavy atom. The first kappa shape index (κ1) is 17.5. The number of benzene rings is 2. The molecule has 0 bridgehead atoms. The molecule has 1 atom stereocenters. The summed E-state index contributed by atoms with van der Waals surface area (Å²) in [7, 11) is 0. The number of hydrogen-bond donors (Lipinski definition) is 1. The third-order valence-electron chi connectivity index (χ3n) is 3.92. The molecule has 1 heterocycles. The summed E-state index contributed by atoms with van der Waals surface area (Å²) in [5.41, 5.74) is 1.43. The van der Waals surface area contributed by atoms with Crippen molar-refractivity contribution in [3.8, 4) is 0 Å². The zero-order chi connectivity index (χ0) is 17.8. The number of nitrogens with zero attached hydrogens (tertiary/aromatic N) is 1. The molecule has 2 aromatic rings. The molecule has 1 N–H and O–H groups in total. The Morgan fingerprint density at radius 1 is 1.16 bits per heavy atom. The molecule has 1 aliphatic heterocycles. The van der Waals surface area contributed by atoms with Gasteiger partial charge in [0.15, 0.2) is 0 Å². The minimum Gasteiger partial charge on any atom is -0.326 e. The van der Waals surface area contributed by atoms with Crippen LogP contribution in [0.2, 0.25) is 0 Å². The molecule has 0 spiro atoms. The Kier molecular flexibility index (Phi) is 5.38. The molecular weight excluding hydrogens is 339 g/mol. The molecule has 0 fully saturated rings. The van der Waals surface area contributed by atoms with Gasteiger partial charge in [-0.3, -0.25) is 9.59 Å². The first-order valence-corrected chi connectivity index (χ1v) is 9.02. The summed E-state index contributed by atoms with van der Waals surface area (Å²) in [6.07, 6.45) is 0.231. The Hall–Kier alpha value is -2.34. The smallest absolute Gasteiger partial charge is 0.227 e. The second-order valence-corrected chi connectivity index (χ2v) is 7.44. The number of para-hydroxylation sites is 1. The SMILES string of the molecule is C[C@@H]1CN(C(=O)CCC(=O)Nc2ccc(F)cc2)c2ccccc2S1. The number of halogens is 1. The number of carbonyl (C=O) groups is 2. The zero-order valence-electron chi connectivity index (χ0n) is 13.9. The lowest BCUT2D eigenvalue weighted by molar-refractivity contribution is -0.122. The number of thioether (sulfide) groups is 1. The molecule has 6 heteroatoms. The molecule has 130 valence electrons. The number of amides is 2. The standard InChI is InChI=1S/C19H19FN2O2S/c1-13-12-22(16-4-2-3-5-17(16)25-13)19(24)11-10-18(23)21-15-8-6-14(20)7-9-15/h2-9,13H,10-12H2,1H3,(H,21,23)/t13-/m1/s1. The van der Waals surface area contributed by atoms with Gasteiger partial charge in [-0.2, -0.15) is 0 Å². The fourth-order valence-electron chi connectivity index (χ4n) is 2.74. The monoisotopic (exact) mass is 358 g/mol. The highest BCUT2D eigenvalue weighted by Crippen LogP contribution is 2.38. The lowest BCUT2D eigenvalue weighted by Crippen LogP contribution is -2.38. The molecular formula is C19H19FN2O2S. The minimum absolute atomic E-state index is 0.0612. The van der Waals surface area contributed by atoms with Crippen LogP contribution in [-0.4, -0.2) is 23.6 Å². The van der Waals surface area contributed by atoms with Crippen molar-refractivity contribution in [2.45, 2.75) is 29.9 Å². The van der Waals surface area contributed by atoms with Gasteiger partial charge in [-0.25, -0.2) is 4.39 Å². The van der Waals surface area contributed by atoms with Crippen LogP contribution in [-0.2, 0) is 9.59 Å². The maximum absolute atomic E-state index is 12.9. The number of carbonyl (C=O) groups excluding carboxylic acids is 2. The fourth-order valence-corrected chi connectivity index (χ4v) is 3.85. The van der Waals surface area contributed by atoms with E-state index in [0.717, 1.165) is 10.6 Å². The van der Waals surface area contributed by atoms with Gasteiger partial charge in [-0.05, 0) is 36.4 Å². The molecule has 4 nitrogen and oxygen atoms in total. The summed E-state index contributed by atoms with van der Waals surface area (Å²) in [6, 6.07) is 13.4. The maximum Gasteiger partial charge on any atom is 0.227 e. The van der Waals surface area contributed by atoms with E-state index in [0.29, 0.717) is 17.5 Å². The van der Waals surface area contributed by atoms with Crippen LogP contribution >= 0.6 is 11.8 Å². The normalized spacial score (nSPS) is 16.2. The number of rotatable bonds is 4. The van der Waals surface area contributed by atoms with Crippen LogP contribution in [0.25, 0.3) is 0 Å². The van der Waals surface area contributed by atoms with Crippen molar-refractivity contribution in [1.82, 2.24) is 0 Å². The molecule has 0 aromatic heterocycles. The van der Waals surface area contributed by atoms with Crippen molar-refractivity contribution >= 4 is 35.0 Å². The van der Waals surface area contributed by atoms with Crippen LogP contribution in [0.1, 0.15) is 19.8 Å². The Morgan fingerprint density at radius 3 is 2.64 bits per heavy atom. The van der Waals surface area contributed by atoms with E-state index in [9.17, 15) is 14.0 Å². The van der Waals surface area contributed by atoms with E-state index in [1.165, 1.54) is 24.3 Å². The van der Waals surface area contributed by atoms with E-state index < -0.39 is 0 Å². The van der Waals surface area contributed by atoms with Crippen LogP contribution in [0.3, 0.4) is 0 Å². The van der Waals surface area contributed by atoms with Crippen LogP contribution in [0.15, 0.2) is 53.4 Å². The minimum atomic E-state index is -0.357. The highest BCUT2D eigenvalue weighted by molar-refractivity contribution is 8.00. The summed E-state index contributed by atoms with van der Waals surface area (Å²) in [5.74, 6) is -0.675. The third-order valence-corrected chi connectivity index (χ3v) is 5.07. The van der Waals surface area contributed by atoms with Crippen LogP contribution in [0.5, 0.6) is 0 Å². The predicted octanol–water partition coefficient (Wildman–Crippen LogP) is 4.07. The highest BCUT2D eigenvalue weighted by Gasteiger charge is 2.26. The number of hydrogen-bond acceptors (Lipinski definition) is 3. The van der Waals surface area contributed by atoms with Gasteiger partial charge < -0.3 is 10.2 Å². The highest BCUT2D eigenvalue weighted by atomic mass is 32.2. The predicted molar refractivity (Wildman–Crippen MR) is 98.4 cm³/mol. The molecule has 0 saturated heterocycles. The van der Waals surface area contributed by atoms with Gasteiger partial charge in [0.25, 0.3) is 0 Å². The van der Waals surface area contributed by atoms with Crippen LogP contribution < -0.4 is 10.2 Å². The Labute approximate surface area is 150 Å². The maximum atomic E-state index is 12.9. The summed E-state index contributed by atoms with van der Waals surface area (Å²) >= 11 is 1.76. The quantitative estimate of drug-likeness (QED) is 0.896. The van der Waals surface area contributed by atoms with E-state index >= 15 is 0 Å². The van der Waals surface area contributed by atoms with Crippen molar-refractivity contribution in [3.05, 3.63) is 54.3 Å². The molecule has 0 aliphatic carbocycles. The molecule has 2 aromatic carbocycles. The Balaban J connectivity index is 1.59. The second kappa shape index (κ2) is 7.70. The fraction of sp³-hybridized carbons (Fsp3) is 0.263. The van der Waals surface area contributed by atoms with E-state index in [-0.39, 0.29) is 30.5 Å². The summed E-state index contributed by atoms with van der Waals surface area (Å²) in [5, 5.41) is 2.99. The number of anilines is 2. The van der Waals surface area contributed by atoms with Gasteiger partial charge in [0.1, 0.15) is 5.82 Å². The lowest BCUT2D eigenvalue weighted by Gasteiger charge is -2.32. The van der Waals surface area contributed by atoms with Crippen molar-refractivity contribution < 1.29 is 14.0 Å². The van der Waals surface area contributed by atoms with Gasteiger partial charge in [0.2, 0.25) is 11.8 Å². The van der Waals surface area contributed by atoms with E-state index in [1.807, 2.05) is 24.3 Å². The van der Waals surface area contributed by atoms with Gasteiger partial charge in [-0.15, -0.1) is 11.8 Å². The van der Waals surface area contributed by atoms with Crippen LogP contribution in [0, 0.1) is 5.82 Å². The molecule has 0 unspecified atom stereocenters. The first-order chi connectivity index (χ1) is 12.0. The number of fused-ring (bicyclic) bond motifs is 1. The molecule has 25 heavy (non-hydrogen) atoms. The zero-order valence-corrected chi connectivity index (χ0v) is 14.7. The van der Waals surface area contributed by atoms with E-state index in [4.69, 9.17) is 0 Å². The molecule has 1 aliphatic rings. The van der Waals surface area contributed by atoms with E-state index in [1.54, 1.807) is 16.7 Å². The van der Waals surface area contributed by atoms with Crippen molar-refractivity contribution in [2.24, 2.45) is 0 Å². The molecule has 2 amide bonds. The van der Waals surface area contributed by atoms with Crippen molar-refractivity contribution in [1.29, 1.82) is 0 Å². The van der Waals surface area contributed by atoms with Crippen molar-refractivity contribution in [3.63, 3.8) is 0 Å². The summed E-state index contributed by atoms with van der Waals surface area (Å²) < 4.78 is 12.9. The van der Waals surface area contributed by atoms with Gasteiger partial charge in [0, 0.05) is 35.2 Å². The third kappa shape index (κ3) is 4.39. The average Bonchev–Trinajstić information content (AvgIpc) is 2.61. The van der Waals surface area contributed by atoms with Crippen molar-refractivity contribution in [2.75, 3.05) is 16.8 Å².